The molecule has 0 bridgehead atoms. The highest BCUT2D eigenvalue weighted by Gasteiger charge is 2.38. The van der Waals surface area contributed by atoms with Gasteiger partial charge in [-0.15, -0.1) is 0 Å². The summed E-state index contributed by atoms with van der Waals surface area (Å²) in [4.78, 5) is -1.01. The Labute approximate surface area is 109 Å². The van der Waals surface area contributed by atoms with E-state index in [9.17, 15) is 17.2 Å². The summed E-state index contributed by atoms with van der Waals surface area (Å²) >= 11 is 0. The normalized spacial score (nSPS) is 20.9. The molecule has 106 valence electrons. The molecule has 0 saturated carbocycles. The van der Waals surface area contributed by atoms with Gasteiger partial charge in [-0.1, -0.05) is 0 Å². The molecule has 3 N–H and O–H groups in total. The highest BCUT2D eigenvalue weighted by Crippen LogP contribution is 2.30. The van der Waals surface area contributed by atoms with Crippen LogP contribution in [0.3, 0.4) is 0 Å². The summed E-state index contributed by atoms with van der Waals surface area (Å²) in [5, 5.41) is 9.12. The summed E-state index contributed by atoms with van der Waals surface area (Å²) in [7, 11) is -4.31. The molecule has 19 heavy (non-hydrogen) atoms. The van der Waals surface area contributed by atoms with Crippen LogP contribution in [0.2, 0.25) is 0 Å². The molecule has 0 aliphatic carbocycles. The number of sulfonamides is 1. The van der Waals surface area contributed by atoms with E-state index in [1.54, 1.807) is 0 Å². The highest BCUT2D eigenvalue weighted by molar-refractivity contribution is 7.89. The summed E-state index contributed by atoms with van der Waals surface area (Å²) in [6, 6.07) is 0.890. The number of nitrogens with two attached hydrogens (primary N) is 1. The standard InChI is InChI=1S/C11H14F2N2O3S/c12-9-4-7(14)5-10(13)11(9)19(17,18)15-3-1-2-8(15)6-16/h4-5,8,16H,1-3,6,14H2/t8-/m1/s1. The van der Waals surface area contributed by atoms with Crippen molar-refractivity contribution < 1.29 is 22.3 Å². The molecule has 1 fully saturated rings. The maximum Gasteiger partial charge on any atom is 0.249 e. The van der Waals surface area contributed by atoms with Crippen molar-refractivity contribution in [2.45, 2.75) is 23.8 Å². The van der Waals surface area contributed by atoms with E-state index in [1.165, 1.54) is 0 Å². The minimum absolute atomic E-state index is 0.136. The Hall–Kier alpha value is -1.25. The molecule has 0 amide bonds. The number of aliphatic hydroxyl groups is 1. The lowest BCUT2D eigenvalue weighted by Crippen LogP contribution is -2.38. The summed E-state index contributed by atoms with van der Waals surface area (Å²) in [6.07, 6.45) is 1.01. The lowest BCUT2D eigenvalue weighted by Gasteiger charge is -2.22. The molecule has 5 nitrogen and oxygen atoms in total. The van der Waals surface area contributed by atoms with Crippen molar-refractivity contribution in [1.82, 2.24) is 4.31 Å². The van der Waals surface area contributed by atoms with E-state index in [4.69, 9.17) is 10.8 Å². The zero-order chi connectivity index (χ0) is 14.2. The zero-order valence-electron chi connectivity index (χ0n) is 10.0. The van der Waals surface area contributed by atoms with Crippen LogP contribution < -0.4 is 5.73 Å². The van der Waals surface area contributed by atoms with Crippen LogP contribution in [0.1, 0.15) is 12.8 Å². The lowest BCUT2D eigenvalue weighted by atomic mass is 10.2. The van der Waals surface area contributed by atoms with Crippen molar-refractivity contribution in [3.8, 4) is 0 Å². The first kappa shape index (κ1) is 14.2. The Bertz CT molecular complexity index is 569. The fraction of sp³-hybridized carbons (Fsp3) is 0.455. The zero-order valence-corrected chi connectivity index (χ0v) is 10.8. The van der Waals surface area contributed by atoms with Crippen LogP contribution >= 0.6 is 0 Å². The van der Waals surface area contributed by atoms with E-state index in [1.807, 2.05) is 0 Å². The van der Waals surface area contributed by atoms with Crippen molar-refractivity contribution in [1.29, 1.82) is 0 Å². The number of hydrogen-bond donors (Lipinski definition) is 2. The quantitative estimate of drug-likeness (QED) is 0.803. The first-order chi connectivity index (χ1) is 8.87. The van der Waals surface area contributed by atoms with Gasteiger partial charge >= 0.3 is 0 Å². The third-order valence-corrected chi connectivity index (χ3v) is 5.13. The van der Waals surface area contributed by atoms with E-state index in [0.717, 1.165) is 16.4 Å². The minimum atomic E-state index is -4.31. The Kier molecular flexibility index (Phi) is 3.75. The second kappa shape index (κ2) is 5.03. The summed E-state index contributed by atoms with van der Waals surface area (Å²) in [6.45, 7) is -0.242. The molecular formula is C11H14F2N2O3S. The molecule has 0 unspecified atom stereocenters. The topological polar surface area (TPSA) is 83.6 Å². The van der Waals surface area contributed by atoms with Gasteiger partial charge < -0.3 is 10.8 Å². The number of hydrogen-bond acceptors (Lipinski definition) is 4. The van der Waals surface area contributed by atoms with E-state index >= 15 is 0 Å². The van der Waals surface area contributed by atoms with Gasteiger partial charge in [0.25, 0.3) is 0 Å². The predicted molar refractivity (Wildman–Crippen MR) is 64.8 cm³/mol. The lowest BCUT2D eigenvalue weighted by molar-refractivity contribution is 0.213. The smallest absolute Gasteiger partial charge is 0.249 e. The van der Waals surface area contributed by atoms with E-state index in [-0.39, 0.29) is 18.8 Å². The second-order valence-electron chi connectivity index (χ2n) is 4.41. The van der Waals surface area contributed by atoms with Crippen LogP contribution in [-0.4, -0.2) is 37.0 Å². The van der Waals surface area contributed by atoms with Gasteiger partial charge in [0.2, 0.25) is 10.0 Å². The Morgan fingerprint density at radius 1 is 1.37 bits per heavy atom. The van der Waals surface area contributed by atoms with Gasteiger partial charge in [0, 0.05) is 18.3 Å². The minimum Gasteiger partial charge on any atom is -0.399 e. The van der Waals surface area contributed by atoms with E-state index < -0.39 is 32.6 Å². The van der Waals surface area contributed by atoms with Gasteiger partial charge in [0.15, 0.2) is 4.90 Å². The van der Waals surface area contributed by atoms with Crippen LogP contribution in [0.5, 0.6) is 0 Å². The molecule has 1 aliphatic heterocycles. The molecule has 1 heterocycles. The van der Waals surface area contributed by atoms with Gasteiger partial charge in [-0.3, -0.25) is 0 Å². The number of benzene rings is 1. The monoisotopic (exact) mass is 292 g/mol. The molecule has 0 radical (unpaired) electrons. The number of halogens is 2. The van der Waals surface area contributed by atoms with Crippen LogP contribution in [0.25, 0.3) is 0 Å². The third-order valence-electron chi connectivity index (χ3n) is 3.12. The molecule has 1 saturated heterocycles. The van der Waals surface area contributed by atoms with Gasteiger partial charge in [-0.25, -0.2) is 17.2 Å². The Balaban J connectivity index is 2.51. The summed E-state index contributed by atoms with van der Waals surface area (Å²) in [5.41, 5.74) is 5.06. The fourth-order valence-corrected chi connectivity index (χ4v) is 4.03. The third kappa shape index (κ3) is 2.43. The predicted octanol–water partition coefficient (Wildman–Crippen LogP) is 0.692. The maximum atomic E-state index is 13.7. The van der Waals surface area contributed by atoms with Crippen LogP contribution in [-0.2, 0) is 10.0 Å². The fourth-order valence-electron chi connectivity index (χ4n) is 2.25. The van der Waals surface area contributed by atoms with Crippen molar-refractivity contribution in [3.63, 3.8) is 0 Å². The average Bonchev–Trinajstić information content (AvgIpc) is 2.75. The average molecular weight is 292 g/mol. The van der Waals surface area contributed by atoms with E-state index in [0.29, 0.717) is 12.8 Å². The molecular weight excluding hydrogens is 278 g/mol. The molecule has 1 aliphatic rings. The Morgan fingerprint density at radius 2 is 1.95 bits per heavy atom. The maximum absolute atomic E-state index is 13.7. The number of nitrogen functional groups attached to an aromatic ring is 1. The highest BCUT2D eigenvalue weighted by atomic mass is 32.2. The van der Waals surface area contributed by atoms with Crippen LogP contribution in [0, 0.1) is 11.6 Å². The Morgan fingerprint density at radius 3 is 2.47 bits per heavy atom. The summed E-state index contributed by atoms with van der Waals surface area (Å²) < 4.78 is 52.8. The van der Waals surface area contributed by atoms with Crippen molar-refractivity contribution in [3.05, 3.63) is 23.8 Å². The van der Waals surface area contributed by atoms with Crippen molar-refractivity contribution in [2.24, 2.45) is 0 Å². The first-order valence-corrected chi connectivity index (χ1v) is 7.19. The first-order valence-electron chi connectivity index (χ1n) is 5.75. The largest absolute Gasteiger partial charge is 0.399 e. The van der Waals surface area contributed by atoms with Crippen LogP contribution in [0.15, 0.2) is 17.0 Å². The number of anilines is 1. The molecule has 1 atom stereocenters. The van der Waals surface area contributed by atoms with Crippen molar-refractivity contribution in [2.75, 3.05) is 18.9 Å². The van der Waals surface area contributed by atoms with Gasteiger partial charge in [0.1, 0.15) is 11.6 Å². The molecule has 1 aromatic carbocycles. The van der Waals surface area contributed by atoms with Gasteiger partial charge in [-0.05, 0) is 25.0 Å². The molecule has 0 spiro atoms. The van der Waals surface area contributed by atoms with Crippen LogP contribution in [0.4, 0.5) is 14.5 Å². The van der Waals surface area contributed by atoms with Gasteiger partial charge in [-0.2, -0.15) is 4.31 Å². The molecule has 2 rings (SSSR count). The molecule has 8 heteroatoms. The molecule has 1 aromatic rings. The SMILES string of the molecule is Nc1cc(F)c(S(=O)(=O)N2CCC[C@@H]2CO)c(F)c1. The number of rotatable bonds is 3. The number of nitrogens with zero attached hydrogens (tertiary/aromatic N) is 1. The van der Waals surface area contributed by atoms with Crippen molar-refractivity contribution >= 4 is 15.7 Å². The second-order valence-corrected chi connectivity index (χ2v) is 6.24. The van der Waals surface area contributed by atoms with E-state index in [2.05, 4.69) is 0 Å². The van der Waals surface area contributed by atoms with Gasteiger partial charge in [0.05, 0.1) is 6.61 Å². The molecule has 0 aromatic heterocycles. The number of aliphatic hydroxyl groups excluding tert-OH is 1. The summed E-state index contributed by atoms with van der Waals surface area (Å²) in [5.74, 6) is -2.44.